The molecule has 1 aromatic carbocycles. The van der Waals surface area contributed by atoms with Crippen LogP contribution in [0.25, 0.3) is 0 Å². The summed E-state index contributed by atoms with van der Waals surface area (Å²) >= 11 is 0. The summed E-state index contributed by atoms with van der Waals surface area (Å²) in [4.78, 5) is 11.5. The van der Waals surface area contributed by atoms with E-state index in [4.69, 9.17) is 0 Å². The number of hydrogen-bond acceptors (Lipinski definition) is 5. The van der Waals surface area contributed by atoms with Crippen LogP contribution in [0.1, 0.15) is 37.7 Å². The molecule has 24 heavy (non-hydrogen) atoms. The van der Waals surface area contributed by atoms with Crippen LogP contribution in [0.5, 0.6) is 0 Å². The summed E-state index contributed by atoms with van der Waals surface area (Å²) in [6.45, 7) is 9.25. The zero-order valence-electron chi connectivity index (χ0n) is 14.9. The van der Waals surface area contributed by atoms with Gasteiger partial charge in [0.25, 0.3) is 0 Å². The fraction of sp³-hybridized carbons (Fsp3) is 0.474. The van der Waals surface area contributed by atoms with E-state index in [1.165, 1.54) is 11.1 Å². The van der Waals surface area contributed by atoms with Crippen LogP contribution in [-0.4, -0.2) is 33.3 Å². The molecule has 3 rings (SSSR count). The quantitative estimate of drug-likeness (QED) is 0.904. The Morgan fingerprint density at radius 2 is 1.96 bits per heavy atom. The van der Waals surface area contributed by atoms with Gasteiger partial charge in [0.15, 0.2) is 0 Å². The minimum atomic E-state index is -0.0396. The molecule has 5 nitrogen and oxygen atoms in total. The van der Waals surface area contributed by atoms with E-state index in [2.05, 4.69) is 58.3 Å². The number of benzene rings is 1. The Balaban J connectivity index is 1.96. The highest BCUT2D eigenvalue weighted by molar-refractivity contribution is 5.54. The molecule has 2 N–H and O–H groups in total. The molecule has 2 heterocycles. The average Bonchev–Trinajstić information content (AvgIpc) is 2.52. The Morgan fingerprint density at radius 3 is 2.67 bits per heavy atom. The molecule has 0 radical (unpaired) electrons. The molecular weight excluding hydrogens is 300 g/mol. The summed E-state index contributed by atoms with van der Waals surface area (Å²) in [5.74, 6) is 2.41. The Morgan fingerprint density at radius 1 is 1.25 bits per heavy atom. The molecule has 0 amide bonds. The van der Waals surface area contributed by atoms with E-state index in [1.54, 1.807) is 0 Å². The number of nitrogens with zero attached hydrogens (tertiary/aromatic N) is 3. The van der Waals surface area contributed by atoms with Gasteiger partial charge in [0.2, 0.25) is 0 Å². The zero-order valence-corrected chi connectivity index (χ0v) is 14.9. The molecule has 0 fully saturated rings. The molecule has 1 aliphatic rings. The van der Waals surface area contributed by atoms with Gasteiger partial charge in [-0.2, -0.15) is 0 Å². The maximum Gasteiger partial charge on any atom is 0.135 e. The van der Waals surface area contributed by atoms with Crippen molar-refractivity contribution in [2.75, 3.05) is 16.8 Å². The molecule has 1 aromatic heterocycles. The van der Waals surface area contributed by atoms with E-state index in [0.29, 0.717) is 0 Å². The van der Waals surface area contributed by atoms with E-state index >= 15 is 0 Å². The summed E-state index contributed by atoms with van der Waals surface area (Å²) in [6.07, 6.45) is 0.988. The summed E-state index contributed by atoms with van der Waals surface area (Å²) < 4.78 is 0. The van der Waals surface area contributed by atoms with Crippen LogP contribution < -0.4 is 10.2 Å². The lowest BCUT2D eigenvalue weighted by atomic mass is 9.85. The highest BCUT2D eigenvalue weighted by Crippen LogP contribution is 2.34. The van der Waals surface area contributed by atoms with Crippen LogP contribution >= 0.6 is 0 Å². The van der Waals surface area contributed by atoms with E-state index in [1.807, 2.05) is 19.9 Å². The van der Waals surface area contributed by atoms with E-state index in [9.17, 15) is 5.11 Å². The predicted octanol–water partition coefficient (Wildman–Crippen LogP) is 2.92. The monoisotopic (exact) mass is 326 g/mol. The first kappa shape index (κ1) is 16.7. The third kappa shape index (κ3) is 3.36. The van der Waals surface area contributed by atoms with Crippen molar-refractivity contribution in [1.29, 1.82) is 0 Å². The largest absolute Gasteiger partial charge is 0.394 e. The number of aryl methyl sites for hydroxylation is 1. The lowest BCUT2D eigenvalue weighted by Gasteiger charge is -2.44. The summed E-state index contributed by atoms with van der Waals surface area (Å²) in [5.41, 5.74) is 2.75. The van der Waals surface area contributed by atoms with Crippen LogP contribution in [0, 0.1) is 6.92 Å². The standard InChI is InChI=1S/C19H26N4O/c1-13(12-24)20-17-9-18(22-14(2)21-17)23-11-16-8-6-5-7-15(16)10-19(23,3)4/h5-9,13,24H,10-12H2,1-4H3,(H,20,21,22)/t13-/m0/s1. The van der Waals surface area contributed by atoms with Crippen LogP contribution in [0.2, 0.25) is 0 Å². The molecule has 128 valence electrons. The van der Waals surface area contributed by atoms with Gasteiger partial charge in [0.1, 0.15) is 17.5 Å². The van der Waals surface area contributed by atoms with Crippen LogP contribution in [-0.2, 0) is 13.0 Å². The molecule has 0 bridgehead atoms. The van der Waals surface area contributed by atoms with Gasteiger partial charge in [-0.1, -0.05) is 24.3 Å². The average molecular weight is 326 g/mol. The fourth-order valence-corrected chi connectivity index (χ4v) is 3.28. The lowest BCUT2D eigenvalue weighted by molar-refractivity contribution is 0.281. The zero-order chi connectivity index (χ0) is 17.3. The molecule has 5 heteroatoms. The van der Waals surface area contributed by atoms with Gasteiger partial charge in [0, 0.05) is 24.2 Å². The molecule has 0 saturated carbocycles. The molecule has 2 aromatic rings. The molecule has 0 spiro atoms. The van der Waals surface area contributed by atoms with E-state index in [-0.39, 0.29) is 18.2 Å². The first-order valence-corrected chi connectivity index (χ1v) is 8.46. The highest BCUT2D eigenvalue weighted by atomic mass is 16.3. The van der Waals surface area contributed by atoms with Gasteiger partial charge in [-0.3, -0.25) is 0 Å². The summed E-state index contributed by atoms with van der Waals surface area (Å²) in [5, 5.41) is 12.5. The second-order valence-electron chi connectivity index (χ2n) is 7.23. The van der Waals surface area contributed by atoms with Crippen molar-refractivity contribution in [2.24, 2.45) is 0 Å². The maximum atomic E-state index is 9.26. The molecule has 1 atom stereocenters. The van der Waals surface area contributed by atoms with Gasteiger partial charge in [-0.15, -0.1) is 0 Å². The van der Waals surface area contributed by atoms with Crippen molar-refractivity contribution in [1.82, 2.24) is 9.97 Å². The summed E-state index contributed by atoms with van der Waals surface area (Å²) in [6, 6.07) is 10.6. The van der Waals surface area contributed by atoms with E-state index < -0.39 is 0 Å². The van der Waals surface area contributed by atoms with Gasteiger partial charge < -0.3 is 15.3 Å². The molecule has 0 saturated heterocycles. The van der Waals surface area contributed by atoms with Crippen molar-refractivity contribution in [2.45, 2.75) is 52.2 Å². The Hall–Kier alpha value is -2.14. The summed E-state index contributed by atoms with van der Waals surface area (Å²) in [7, 11) is 0. The maximum absolute atomic E-state index is 9.26. The van der Waals surface area contributed by atoms with Crippen molar-refractivity contribution in [3.63, 3.8) is 0 Å². The normalized spacial score (nSPS) is 17.3. The number of anilines is 2. The van der Waals surface area contributed by atoms with Gasteiger partial charge >= 0.3 is 0 Å². The van der Waals surface area contributed by atoms with Crippen molar-refractivity contribution in [3.8, 4) is 0 Å². The molecule has 0 unspecified atom stereocenters. The lowest BCUT2D eigenvalue weighted by Crippen LogP contribution is -2.49. The smallest absolute Gasteiger partial charge is 0.135 e. The van der Waals surface area contributed by atoms with Gasteiger partial charge in [0.05, 0.1) is 6.61 Å². The Labute approximate surface area is 143 Å². The third-order valence-corrected chi connectivity index (χ3v) is 4.57. The van der Waals surface area contributed by atoms with Crippen molar-refractivity contribution in [3.05, 3.63) is 47.3 Å². The van der Waals surface area contributed by atoms with Crippen LogP contribution in [0.4, 0.5) is 11.6 Å². The van der Waals surface area contributed by atoms with Gasteiger partial charge in [-0.05, 0) is 45.2 Å². The van der Waals surface area contributed by atoms with Crippen molar-refractivity contribution < 1.29 is 5.11 Å². The molecule has 0 aliphatic carbocycles. The minimum absolute atomic E-state index is 0.0188. The first-order chi connectivity index (χ1) is 11.4. The third-order valence-electron chi connectivity index (χ3n) is 4.57. The molecular formula is C19H26N4O. The Kier molecular flexibility index (Phi) is 4.45. The predicted molar refractivity (Wildman–Crippen MR) is 97.3 cm³/mol. The minimum Gasteiger partial charge on any atom is -0.394 e. The number of rotatable bonds is 4. The fourth-order valence-electron chi connectivity index (χ4n) is 3.28. The first-order valence-electron chi connectivity index (χ1n) is 8.46. The highest BCUT2D eigenvalue weighted by Gasteiger charge is 2.33. The number of nitrogens with one attached hydrogen (secondary N) is 1. The van der Waals surface area contributed by atoms with Crippen LogP contribution in [0.3, 0.4) is 0 Å². The van der Waals surface area contributed by atoms with Gasteiger partial charge in [-0.25, -0.2) is 9.97 Å². The number of aliphatic hydroxyl groups is 1. The second kappa shape index (κ2) is 6.40. The number of aliphatic hydroxyl groups excluding tert-OH is 1. The number of aromatic nitrogens is 2. The topological polar surface area (TPSA) is 61.3 Å². The Bertz CT molecular complexity index is 729. The second-order valence-corrected chi connectivity index (χ2v) is 7.23. The van der Waals surface area contributed by atoms with Crippen molar-refractivity contribution >= 4 is 11.6 Å². The number of fused-ring (bicyclic) bond motifs is 1. The SMILES string of the molecule is Cc1nc(N[C@@H](C)CO)cc(N2Cc3ccccc3CC2(C)C)n1. The van der Waals surface area contributed by atoms with Crippen LogP contribution in [0.15, 0.2) is 30.3 Å². The number of hydrogen-bond donors (Lipinski definition) is 2. The van der Waals surface area contributed by atoms with E-state index in [0.717, 1.165) is 30.4 Å². The molecule has 1 aliphatic heterocycles.